The number of nitrogens with one attached hydrogen (secondary N) is 2. The van der Waals surface area contributed by atoms with E-state index in [1.54, 1.807) is 18.2 Å². The van der Waals surface area contributed by atoms with Crippen molar-refractivity contribution < 1.29 is 27.4 Å². The van der Waals surface area contributed by atoms with Gasteiger partial charge in [-0.25, -0.2) is 8.42 Å². The van der Waals surface area contributed by atoms with E-state index in [2.05, 4.69) is 14.8 Å². The van der Waals surface area contributed by atoms with Gasteiger partial charge >= 0.3 is 5.97 Å². The van der Waals surface area contributed by atoms with E-state index in [1.165, 1.54) is 7.11 Å². The Morgan fingerprint density at radius 1 is 1.30 bits per heavy atom. The molecule has 9 heteroatoms. The minimum absolute atomic E-state index is 0.173. The topological polar surface area (TPSA) is 103 Å². The predicted molar refractivity (Wildman–Crippen MR) is 82.2 cm³/mol. The summed E-state index contributed by atoms with van der Waals surface area (Å²) < 4.78 is 42.9. The summed E-state index contributed by atoms with van der Waals surface area (Å²) in [5.41, 5.74) is 0.399. The molecule has 1 aromatic rings. The van der Waals surface area contributed by atoms with E-state index in [4.69, 9.17) is 9.47 Å². The molecule has 2 atom stereocenters. The van der Waals surface area contributed by atoms with Gasteiger partial charge in [-0.2, -0.15) is 0 Å². The molecule has 1 aromatic carbocycles. The summed E-state index contributed by atoms with van der Waals surface area (Å²) >= 11 is 0. The van der Waals surface area contributed by atoms with Gasteiger partial charge in [-0.05, 0) is 18.6 Å². The number of hydrogen-bond donors (Lipinski definition) is 2. The van der Waals surface area contributed by atoms with Gasteiger partial charge in [-0.15, -0.1) is 0 Å². The van der Waals surface area contributed by atoms with E-state index in [0.29, 0.717) is 30.4 Å². The SMILES string of the molecule is COC(=O)C1CC(S(=O)(=O)Nc2ccc3c(c2)OCCO3)CN1. The lowest BCUT2D eigenvalue weighted by Gasteiger charge is -2.20. The second-order valence-electron chi connectivity index (χ2n) is 5.35. The summed E-state index contributed by atoms with van der Waals surface area (Å²) in [6.45, 7) is 1.09. The van der Waals surface area contributed by atoms with E-state index in [-0.39, 0.29) is 13.0 Å². The molecule has 0 aliphatic carbocycles. The first-order chi connectivity index (χ1) is 11.0. The van der Waals surface area contributed by atoms with E-state index in [9.17, 15) is 13.2 Å². The highest BCUT2D eigenvalue weighted by Crippen LogP contribution is 2.33. The zero-order chi connectivity index (χ0) is 16.4. The number of fused-ring (bicyclic) bond motifs is 1. The largest absolute Gasteiger partial charge is 0.486 e. The molecule has 2 heterocycles. The number of sulfonamides is 1. The van der Waals surface area contributed by atoms with Crippen molar-refractivity contribution in [2.45, 2.75) is 17.7 Å². The van der Waals surface area contributed by atoms with Crippen LogP contribution in [-0.4, -0.2) is 52.5 Å². The maximum Gasteiger partial charge on any atom is 0.322 e. The van der Waals surface area contributed by atoms with Crippen LogP contribution in [0, 0.1) is 0 Å². The van der Waals surface area contributed by atoms with Gasteiger partial charge in [0.25, 0.3) is 0 Å². The molecule has 2 aliphatic heterocycles. The van der Waals surface area contributed by atoms with Gasteiger partial charge in [-0.3, -0.25) is 9.52 Å². The fourth-order valence-corrected chi connectivity index (χ4v) is 4.00. The third-order valence-corrected chi connectivity index (χ3v) is 5.57. The van der Waals surface area contributed by atoms with Gasteiger partial charge in [0.2, 0.25) is 10.0 Å². The highest BCUT2D eigenvalue weighted by molar-refractivity contribution is 7.93. The Bertz CT molecular complexity index is 705. The third-order valence-electron chi connectivity index (χ3n) is 3.82. The van der Waals surface area contributed by atoms with Crippen molar-refractivity contribution in [2.24, 2.45) is 0 Å². The molecule has 0 saturated carbocycles. The number of carbonyl (C=O) groups is 1. The summed E-state index contributed by atoms with van der Waals surface area (Å²) in [4.78, 5) is 11.5. The Labute approximate surface area is 134 Å². The standard InChI is InChI=1S/C14H18N2O6S/c1-20-14(17)11-7-10(8-15-11)23(18,19)16-9-2-3-12-13(6-9)22-5-4-21-12/h2-3,6,10-11,15-16H,4-5,7-8H2,1H3. The summed E-state index contributed by atoms with van der Waals surface area (Å²) in [5.74, 6) is 0.642. The van der Waals surface area contributed by atoms with Crippen LogP contribution in [0.2, 0.25) is 0 Å². The van der Waals surface area contributed by atoms with Crippen LogP contribution >= 0.6 is 0 Å². The van der Waals surface area contributed by atoms with Gasteiger partial charge in [0.05, 0.1) is 18.0 Å². The molecule has 2 aliphatic rings. The Hall–Kier alpha value is -2.00. The third kappa shape index (κ3) is 3.35. The molecule has 0 aromatic heterocycles. The summed E-state index contributed by atoms with van der Waals surface area (Å²) in [6.07, 6.45) is 0.173. The molecule has 2 unspecified atom stereocenters. The van der Waals surface area contributed by atoms with E-state index < -0.39 is 27.3 Å². The van der Waals surface area contributed by atoms with Crippen LogP contribution in [0.25, 0.3) is 0 Å². The molecule has 0 spiro atoms. The molecular weight excluding hydrogens is 324 g/mol. The average Bonchev–Trinajstić information content (AvgIpc) is 3.04. The van der Waals surface area contributed by atoms with Gasteiger partial charge < -0.3 is 19.5 Å². The summed E-state index contributed by atoms with van der Waals surface area (Å²) in [6, 6.07) is 4.27. The number of methoxy groups -OCH3 is 1. The van der Waals surface area contributed by atoms with Crippen molar-refractivity contribution in [2.75, 3.05) is 31.6 Å². The van der Waals surface area contributed by atoms with Crippen LogP contribution in [-0.2, 0) is 19.6 Å². The maximum absolute atomic E-state index is 12.5. The van der Waals surface area contributed by atoms with Gasteiger partial charge in [0, 0.05) is 12.6 Å². The molecule has 8 nitrogen and oxygen atoms in total. The molecular formula is C14H18N2O6S. The van der Waals surface area contributed by atoms with E-state index >= 15 is 0 Å². The molecule has 3 rings (SSSR count). The van der Waals surface area contributed by atoms with Crippen LogP contribution in [0.15, 0.2) is 18.2 Å². The molecule has 0 bridgehead atoms. The fourth-order valence-electron chi connectivity index (χ4n) is 2.62. The van der Waals surface area contributed by atoms with Crippen molar-refractivity contribution in [1.82, 2.24) is 5.32 Å². The quantitative estimate of drug-likeness (QED) is 0.748. The second kappa shape index (κ2) is 6.25. The maximum atomic E-state index is 12.5. The van der Waals surface area contributed by atoms with E-state index in [1.807, 2.05) is 0 Å². The lowest BCUT2D eigenvalue weighted by atomic mass is 10.2. The minimum atomic E-state index is -3.63. The highest BCUT2D eigenvalue weighted by atomic mass is 32.2. The minimum Gasteiger partial charge on any atom is -0.486 e. The van der Waals surface area contributed by atoms with Crippen LogP contribution in [0.1, 0.15) is 6.42 Å². The Kier molecular flexibility index (Phi) is 4.31. The second-order valence-corrected chi connectivity index (χ2v) is 7.31. The Balaban J connectivity index is 1.71. The lowest BCUT2D eigenvalue weighted by molar-refractivity contribution is -0.142. The first-order valence-electron chi connectivity index (χ1n) is 7.22. The number of ether oxygens (including phenoxy) is 3. The molecule has 126 valence electrons. The van der Waals surface area contributed by atoms with Crippen LogP contribution < -0.4 is 19.5 Å². The predicted octanol–water partition coefficient (Wildman–Crippen LogP) is 0.103. The number of rotatable bonds is 4. The zero-order valence-corrected chi connectivity index (χ0v) is 13.4. The van der Waals surface area contributed by atoms with E-state index in [0.717, 1.165) is 0 Å². The molecule has 0 radical (unpaired) electrons. The van der Waals surface area contributed by atoms with Gasteiger partial charge in [0.1, 0.15) is 19.3 Å². The molecule has 2 N–H and O–H groups in total. The first-order valence-corrected chi connectivity index (χ1v) is 8.77. The zero-order valence-electron chi connectivity index (χ0n) is 12.6. The molecule has 1 fully saturated rings. The highest BCUT2D eigenvalue weighted by Gasteiger charge is 2.37. The van der Waals surface area contributed by atoms with Crippen molar-refractivity contribution in [3.63, 3.8) is 0 Å². The summed E-state index contributed by atoms with van der Waals surface area (Å²) in [5, 5.41) is 2.15. The number of anilines is 1. The average molecular weight is 342 g/mol. The van der Waals surface area contributed by atoms with Gasteiger partial charge in [-0.1, -0.05) is 0 Å². The first kappa shape index (κ1) is 15.9. The van der Waals surface area contributed by atoms with Crippen molar-refractivity contribution in [3.8, 4) is 11.5 Å². The Morgan fingerprint density at radius 2 is 2.04 bits per heavy atom. The van der Waals surface area contributed by atoms with Gasteiger partial charge in [0.15, 0.2) is 11.5 Å². The summed E-state index contributed by atoms with van der Waals surface area (Å²) in [7, 11) is -2.35. The normalized spacial score (nSPS) is 23.3. The lowest BCUT2D eigenvalue weighted by Crippen LogP contribution is -2.31. The number of hydrogen-bond acceptors (Lipinski definition) is 7. The van der Waals surface area contributed by atoms with Crippen molar-refractivity contribution in [3.05, 3.63) is 18.2 Å². The smallest absolute Gasteiger partial charge is 0.322 e. The molecule has 0 amide bonds. The number of benzene rings is 1. The number of carbonyl (C=O) groups excluding carboxylic acids is 1. The molecule has 1 saturated heterocycles. The van der Waals surface area contributed by atoms with Crippen molar-refractivity contribution >= 4 is 21.7 Å². The van der Waals surface area contributed by atoms with Crippen LogP contribution in [0.4, 0.5) is 5.69 Å². The molecule has 23 heavy (non-hydrogen) atoms. The number of esters is 1. The fraction of sp³-hybridized carbons (Fsp3) is 0.500. The Morgan fingerprint density at radius 3 is 2.78 bits per heavy atom. The van der Waals surface area contributed by atoms with Crippen LogP contribution in [0.3, 0.4) is 0 Å². The van der Waals surface area contributed by atoms with Crippen LogP contribution in [0.5, 0.6) is 11.5 Å². The van der Waals surface area contributed by atoms with Crippen molar-refractivity contribution in [1.29, 1.82) is 0 Å². The monoisotopic (exact) mass is 342 g/mol.